The molecule has 64 valence electrons. The number of hydrogen-bond donors (Lipinski definition) is 1. The third-order valence-corrected chi connectivity index (χ3v) is 0.779. The Labute approximate surface area is 67.0 Å². The van der Waals surface area contributed by atoms with E-state index in [1.807, 2.05) is 27.7 Å². The van der Waals surface area contributed by atoms with Crippen molar-refractivity contribution in [2.45, 2.75) is 34.1 Å². The molecule has 0 rings (SSSR count). The highest BCUT2D eigenvalue weighted by atomic mass is 31.0. The van der Waals surface area contributed by atoms with E-state index in [9.17, 15) is 4.79 Å². The number of nitrogens with one attached hydrogen (secondary N) is 1. The first-order valence-corrected chi connectivity index (χ1v) is 4.28. The molecule has 0 fully saturated rings. The van der Waals surface area contributed by atoms with Crippen molar-refractivity contribution >= 4 is 15.7 Å². The summed E-state index contributed by atoms with van der Waals surface area (Å²) < 4.78 is 0. The van der Waals surface area contributed by atoms with Crippen LogP contribution >= 0.6 is 9.39 Å². The van der Waals surface area contributed by atoms with Crippen LogP contribution in [0.25, 0.3) is 0 Å². The van der Waals surface area contributed by atoms with E-state index < -0.39 is 0 Å². The monoisotopic (exact) mass is 165 g/mol. The fourth-order valence-corrected chi connectivity index (χ4v) is 0. The average Bonchev–Trinajstić information content (AvgIpc) is 2.08. The first-order valence-electron chi connectivity index (χ1n) is 3.70. The van der Waals surface area contributed by atoms with Crippen molar-refractivity contribution in [2.24, 2.45) is 0 Å². The highest BCUT2D eigenvalue weighted by Crippen LogP contribution is 1.59. The molecule has 0 saturated heterocycles. The van der Waals surface area contributed by atoms with Gasteiger partial charge in [0.05, 0.1) is 0 Å². The van der Waals surface area contributed by atoms with E-state index in [1.54, 1.807) is 0 Å². The Balaban J connectivity index is -0.0000000787. The number of aldehydes is 1. The van der Waals surface area contributed by atoms with Gasteiger partial charge in [-0.05, 0) is 6.54 Å². The lowest BCUT2D eigenvalue weighted by Crippen LogP contribution is -1.90. The molecule has 1 atom stereocenters. The topological polar surface area (TPSA) is 29.1 Å². The lowest BCUT2D eigenvalue weighted by Gasteiger charge is -1.75. The first-order chi connectivity index (χ1) is 4.83. The minimum Gasteiger partial charge on any atom is -0.303 e. The van der Waals surface area contributed by atoms with Crippen LogP contribution in [0.2, 0.25) is 0 Å². The molecule has 0 spiro atoms. The highest BCUT2D eigenvalue weighted by molar-refractivity contribution is 7.13. The predicted molar refractivity (Wildman–Crippen MR) is 51.1 cm³/mol. The van der Waals surface area contributed by atoms with Crippen molar-refractivity contribution in [2.75, 3.05) is 6.54 Å². The third-order valence-electron chi connectivity index (χ3n) is 0.371. The molecular weight excluding hydrogens is 145 g/mol. The molecule has 1 N–H and O–H groups in total. The predicted octanol–water partition coefficient (Wildman–Crippen LogP) is 2.01. The number of hydrogen-bond acceptors (Lipinski definition) is 2. The Hall–Kier alpha value is 0.0600. The van der Waals surface area contributed by atoms with Gasteiger partial charge in [-0.25, -0.2) is 0 Å². The molecule has 0 amide bonds. The average molecular weight is 165 g/mol. The van der Waals surface area contributed by atoms with Crippen LogP contribution in [0.1, 0.15) is 34.1 Å². The van der Waals surface area contributed by atoms with Gasteiger partial charge < -0.3 is 9.88 Å². The van der Waals surface area contributed by atoms with E-state index in [4.69, 9.17) is 0 Å². The van der Waals surface area contributed by atoms with Crippen molar-refractivity contribution in [3.8, 4) is 0 Å². The molecule has 0 radical (unpaired) electrons. The van der Waals surface area contributed by atoms with Crippen LogP contribution in [0.3, 0.4) is 0 Å². The number of carbonyl (C=O) groups excluding carboxylic acids is 1. The zero-order chi connectivity index (χ0) is 8.83. The molecule has 0 aromatic heterocycles. The molecule has 0 heterocycles. The van der Waals surface area contributed by atoms with E-state index in [-0.39, 0.29) is 0 Å². The van der Waals surface area contributed by atoms with E-state index in [0.29, 0.717) is 6.42 Å². The number of rotatable bonds is 2. The van der Waals surface area contributed by atoms with Gasteiger partial charge in [-0.1, -0.05) is 37.1 Å². The minimum atomic E-state index is 0.639. The summed E-state index contributed by atoms with van der Waals surface area (Å²) in [5.74, 6) is 0. The Morgan fingerprint density at radius 2 is 1.60 bits per heavy atom. The van der Waals surface area contributed by atoms with Crippen LogP contribution in [0.15, 0.2) is 0 Å². The van der Waals surface area contributed by atoms with Crippen molar-refractivity contribution in [3.63, 3.8) is 0 Å². The summed E-state index contributed by atoms with van der Waals surface area (Å²) in [5.41, 5.74) is 0. The molecule has 0 aromatic carbocycles. The second-order valence-corrected chi connectivity index (χ2v) is 1.54. The SMILES string of the molecule is CC.CCC=O.CCNP. The van der Waals surface area contributed by atoms with Crippen LogP contribution in [-0.2, 0) is 4.79 Å². The van der Waals surface area contributed by atoms with Crippen molar-refractivity contribution in [1.82, 2.24) is 5.09 Å². The molecule has 0 saturated carbocycles. The van der Waals surface area contributed by atoms with Crippen LogP contribution in [-0.4, -0.2) is 12.8 Å². The Morgan fingerprint density at radius 1 is 1.40 bits per heavy atom. The maximum atomic E-state index is 9.17. The molecule has 1 unspecified atom stereocenters. The van der Waals surface area contributed by atoms with E-state index in [2.05, 4.69) is 14.5 Å². The summed E-state index contributed by atoms with van der Waals surface area (Å²) in [4.78, 5) is 9.17. The Morgan fingerprint density at radius 3 is 1.60 bits per heavy atom. The molecular formula is C7H20NOP. The maximum Gasteiger partial charge on any atom is 0.119 e. The van der Waals surface area contributed by atoms with Gasteiger partial charge in [0.25, 0.3) is 0 Å². The Bertz CT molecular complexity index is 40.6. The molecule has 0 aliphatic heterocycles. The Kier molecular flexibility index (Phi) is 59.2. The molecule has 0 aliphatic carbocycles. The third kappa shape index (κ3) is 94.7. The lowest BCUT2D eigenvalue weighted by molar-refractivity contribution is -0.107. The van der Waals surface area contributed by atoms with Gasteiger partial charge >= 0.3 is 0 Å². The summed E-state index contributed by atoms with van der Waals surface area (Å²) >= 11 is 0. The van der Waals surface area contributed by atoms with Gasteiger partial charge in [0, 0.05) is 6.42 Å². The van der Waals surface area contributed by atoms with Gasteiger partial charge in [0.15, 0.2) is 0 Å². The van der Waals surface area contributed by atoms with E-state index >= 15 is 0 Å². The molecule has 0 aliphatic rings. The van der Waals surface area contributed by atoms with Gasteiger partial charge in [0.2, 0.25) is 0 Å². The fraction of sp³-hybridized carbons (Fsp3) is 0.857. The smallest absolute Gasteiger partial charge is 0.119 e. The first kappa shape index (κ1) is 16.6. The van der Waals surface area contributed by atoms with Gasteiger partial charge in [-0.15, -0.1) is 0 Å². The van der Waals surface area contributed by atoms with Crippen LogP contribution in [0, 0.1) is 0 Å². The van der Waals surface area contributed by atoms with E-state index in [0.717, 1.165) is 12.8 Å². The number of carbonyl (C=O) groups is 1. The molecule has 0 aromatic rings. The molecule has 0 bridgehead atoms. The highest BCUT2D eigenvalue weighted by Gasteiger charge is 1.52. The summed E-state index contributed by atoms with van der Waals surface area (Å²) in [5, 5.41) is 2.85. The van der Waals surface area contributed by atoms with Crippen molar-refractivity contribution in [1.29, 1.82) is 0 Å². The van der Waals surface area contributed by atoms with Gasteiger partial charge in [0.1, 0.15) is 6.29 Å². The summed E-state index contributed by atoms with van der Waals surface area (Å²) in [6, 6.07) is 0. The largest absolute Gasteiger partial charge is 0.303 e. The fourth-order valence-electron chi connectivity index (χ4n) is 0. The van der Waals surface area contributed by atoms with E-state index in [1.165, 1.54) is 0 Å². The summed E-state index contributed by atoms with van der Waals surface area (Å²) in [7, 11) is 2.41. The molecule has 3 heteroatoms. The lowest BCUT2D eigenvalue weighted by atomic mass is 10.6. The minimum absolute atomic E-state index is 0.639. The van der Waals surface area contributed by atoms with Gasteiger partial charge in [-0.3, -0.25) is 0 Å². The second kappa shape index (κ2) is 35.7. The molecule has 10 heavy (non-hydrogen) atoms. The van der Waals surface area contributed by atoms with Crippen molar-refractivity contribution in [3.05, 3.63) is 0 Å². The maximum absolute atomic E-state index is 9.17. The molecule has 2 nitrogen and oxygen atoms in total. The van der Waals surface area contributed by atoms with Gasteiger partial charge in [-0.2, -0.15) is 0 Å². The normalized spacial score (nSPS) is 6.10. The second-order valence-electron chi connectivity index (χ2n) is 1.13. The summed E-state index contributed by atoms with van der Waals surface area (Å²) in [6.07, 6.45) is 1.51. The quantitative estimate of drug-likeness (QED) is 0.501. The zero-order valence-electron chi connectivity index (χ0n) is 7.48. The van der Waals surface area contributed by atoms with Crippen LogP contribution in [0.4, 0.5) is 0 Å². The van der Waals surface area contributed by atoms with Crippen molar-refractivity contribution < 1.29 is 4.79 Å². The summed E-state index contributed by atoms with van der Waals surface area (Å²) in [6.45, 7) is 8.89. The standard InChI is InChI=1S/C3H6O.C2H8NP.C2H6/c2*1-2-3-4;1-2/h3H,2H2,1H3;3H,2,4H2,1H3;1-2H3. The van der Waals surface area contributed by atoms with Crippen LogP contribution < -0.4 is 5.09 Å². The zero-order valence-corrected chi connectivity index (χ0v) is 8.63. The van der Waals surface area contributed by atoms with Crippen LogP contribution in [0.5, 0.6) is 0 Å².